The van der Waals surface area contributed by atoms with Gasteiger partial charge in [0.25, 0.3) is 5.91 Å². The van der Waals surface area contributed by atoms with Crippen molar-refractivity contribution in [3.8, 4) is 11.4 Å². The number of hydrogen-bond acceptors (Lipinski definition) is 8. The highest BCUT2D eigenvalue weighted by atomic mass is 16.5. The molecule has 0 saturated carbocycles. The predicted molar refractivity (Wildman–Crippen MR) is 146 cm³/mol. The van der Waals surface area contributed by atoms with Gasteiger partial charge in [-0.05, 0) is 41.8 Å². The summed E-state index contributed by atoms with van der Waals surface area (Å²) in [4.78, 5) is 32.4. The summed E-state index contributed by atoms with van der Waals surface area (Å²) in [6.45, 7) is 10.3. The third-order valence-electron chi connectivity index (χ3n) is 6.66. The van der Waals surface area contributed by atoms with Crippen LogP contribution in [-0.2, 0) is 22.7 Å². The Morgan fingerprint density at radius 3 is 2.39 bits per heavy atom. The molecule has 3 aromatic rings. The predicted octanol–water partition coefficient (Wildman–Crippen LogP) is 2.98. The molecule has 10 nitrogen and oxygen atoms in total. The van der Waals surface area contributed by atoms with Gasteiger partial charge in [-0.1, -0.05) is 43.3 Å². The second-order valence-electron chi connectivity index (χ2n) is 9.95. The van der Waals surface area contributed by atoms with E-state index in [0.29, 0.717) is 37.9 Å². The first-order chi connectivity index (χ1) is 18.2. The third-order valence-corrected chi connectivity index (χ3v) is 6.66. The lowest BCUT2D eigenvalue weighted by Gasteiger charge is -2.31. The highest BCUT2D eigenvalue weighted by Crippen LogP contribution is 2.24. The fraction of sp³-hybridized carbons (Fsp3) is 0.429. The lowest BCUT2D eigenvalue weighted by atomic mass is 10.1. The number of carbonyl (C=O) groups is 2. The van der Waals surface area contributed by atoms with Gasteiger partial charge >= 0.3 is 0 Å². The molecule has 0 aliphatic carbocycles. The molecular weight excluding hydrogens is 482 g/mol. The number of likely N-dealkylation sites (N-methyl/N-ethyl adjacent to an activating group) is 1. The molecule has 2 N–H and O–H groups in total. The van der Waals surface area contributed by atoms with Crippen LogP contribution in [0.3, 0.4) is 0 Å². The van der Waals surface area contributed by atoms with Gasteiger partial charge in [-0.25, -0.2) is 5.01 Å². The van der Waals surface area contributed by atoms with Gasteiger partial charge in [0.15, 0.2) is 0 Å². The van der Waals surface area contributed by atoms with Crippen LogP contribution in [0.25, 0.3) is 11.4 Å². The number of nitrogens with one attached hydrogen (secondary N) is 2. The molecule has 0 saturated heterocycles. The smallest absolute Gasteiger partial charge is 0.256 e. The van der Waals surface area contributed by atoms with Crippen molar-refractivity contribution in [1.82, 2.24) is 30.4 Å². The molecule has 2 aromatic carbocycles. The maximum atomic E-state index is 13.3. The van der Waals surface area contributed by atoms with E-state index in [2.05, 4.69) is 46.8 Å². The first-order valence-corrected chi connectivity index (χ1v) is 13.0. The Kier molecular flexibility index (Phi) is 8.75. The van der Waals surface area contributed by atoms with Crippen molar-refractivity contribution in [3.63, 3.8) is 0 Å². The lowest BCUT2D eigenvalue weighted by Crippen LogP contribution is -2.49. The Labute approximate surface area is 224 Å². The monoisotopic (exact) mass is 519 g/mol. The Morgan fingerprint density at radius 1 is 1.08 bits per heavy atom. The normalized spacial score (nSPS) is 13.0. The van der Waals surface area contributed by atoms with Crippen molar-refractivity contribution in [1.29, 1.82) is 0 Å². The first-order valence-electron chi connectivity index (χ1n) is 13.0. The standard InChI is InChI=1S/C28H37N7O3/c1-19(2)29-12-13-34(18-27(37)33(5)35-16-23-8-6-7-9-24(23)17-35)26(36)15-30-25-11-10-22(14-20(25)3)28-31-21(4)38-32-28/h6-11,14,19,29-30H,12-13,15-18H2,1-5H3. The highest BCUT2D eigenvalue weighted by Gasteiger charge is 2.27. The molecule has 1 aliphatic heterocycles. The number of benzene rings is 2. The molecule has 0 unspecified atom stereocenters. The van der Waals surface area contributed by atoms with Crippen LogP contribution in [0.5, 0.6) is 0 Å². The Morgan fingerprint density at radius 2 is 1.79 bits per heavy atom. The van der Waals surface area contributed by atoms with E-state index in [1.165, 1.54) is 11.1 Å². The number of nitrogens with zero attached hydrogens (tertiary/aromatic N) is 5. The molecule has 0 radical (unpaired) electrons. The van der Waals surface area contributed by atoms with E-state index in [4.69, 9.17) is 4.52 Å². The Balaban J connectivity index is 1.37. The molecule has 38 heavy (non-hydrogen) atoms. The minimum absolute atomic E-state index is 0.0126. The zero-order chi connectivity index (χ0) is 27.2. The number of aromatic nitrogens is 2. The molecule has 202 valence electrons. The van der Waals surface area contributed by atoms with Crippen LogP contribution in [0.15, 0.2) is 47.0 Å². The summed E-state index contributed by atoms with van der Waals surface area (Å²) < 4.78 is 5.07. The number of rotatable bonds is 11. The van der Waals surface area contributed by atoms with Crippen molar-refractivity contribution in [3.05, 3.63) is 65.0 Å². The number of aryl methyl sites for hydroxylation is 2. The number of fused-ring (bicyclic) bond motifs is 1. The summed E-state index contributed by atoms with van der Waals surface area (Å²) in [5.41, 5.74) is 5.08. The Hall–Kier alpha value is -3.76. The summed E-state index contributed by atoms with van der Waals surface area (Å²) in [5.74, 6) is 0.777. The van der Waals surface area contributed by atoms with Crippen molar-refractivity contribution in [2.24, 2.45) is 0 Å². The SMILES string of the molecule is Cc1nc(-c2ccc(NCC(=O)N(CCNC(C)C)CC(=O)N(C)N3Cc4ccccc4C3)c(C)c2)no1. The molecule has 1 aromatic heterocycles. The number of anilines is 1. The second kappa shape index (κ2) is 12.2. The fourth-order valence-electron chi connectivity index (χ4n) is 4.43. The maximum Gasteiger partial charge on any atom is 0.256 e. The quantitative estimate of drug-likeness (QED) is 0.398. The number of carbonyl (C=O) groups excluding carboxylic acids is 2. The van der Waals surface area contributed by atoms with Crippen molar-refractivity contribution < 1.29 is 14.1 Å². The van der Waals surface area contributed by atoms with Crippen LogP contribution in [0.1, 0.15) is 36.4 Å². The number of amides is 2. The number of hydrazine groups is 1. The van der Waals surface area contributed by atoms with Gasteiger partial charge in [-0.2, -0.15) is 4.98 Å². The van der Waals surface area contributed by atoms with Crippen molar-refractivity contribution >= 4 is 17.5 Å². The van der Waals surface area contributed by atoms with E-state index in [0.717, 1.165) is 16.8 Å². The van der Waals surface area contributed by atoms with Crippen LogP contribution in [0, 0.1) is 13.8 Å². The minimum Gasteiger partial charge on any atom is -0.376 e. The molecule has 0 spiro atoms. The van der Waals surface area contributed by atoms with Crippen LogP contribution in [0.4, 0.5) is 5.69 Å². The van der Waals surface area contributed by atoms with Gasteiger partial charge < -0.3 is 20.1 Å². The van der Waals surface area contributed by atoms with E-state index in [-0.39, 0.29) is 30.9 Å². The molecule has 2 amide bonds. The second-order valence-corrected chi connectivity index (χ2v) is 9.95. The summed E-state index contributed by atoms with van der Waals surface area (Å²) in [7, 11) is 1.78. The minimum atomic E-state index is -0.140. The molecular formula is C28H37N7O3. The van der Waals surface area contributed by atoms with Gasteiger partial charge in [0, 0.05) is 57.4 Å². The van der Waals surface area contributed by atoms with Crippen LogP contribution < -0.4 is 10.6 Å². The van der Waals surface area contributed by atoms with E-state index in [1.807, 2.05) is 42.3 Å². The zero-order valence-electron chi connectivity index (χ0n) is 22.8. The average molecular weight is 520 g/mol. The van der Waals surface area contributed by atoms with Gasteiger partial charge in [-0.15, -0.1) is 0 Å². The molecule has 0 bridgehead atoms. The van der Waals surface area contributed by atoms with Crippen LogP contribution in [0.2, 0.25) is 0 Å². The largest absolute Gasteiger partial charge is 0.376 e. The van der Waals surface area contributed by atoms with E-state index >= 15 is 0 Å². The maximum absolute atomic E-state index is 13.3. The first kappa shape index (κ1) is 27.3. The fourth-order valence-corrected chi connectivity index (χ4v) is 4.43. The van der Waals surface area contributed by atoms with Gasteiger partial charge in [0.2, 0.25) is 17.6 Å². The van der Waals surface area contributed by atoms with E-state index in [9.17, 15) is 9.59 Å². The lowest BCUT2D eigenvalue weighted by molar-refractivity contribution is -0.151. The summed E-state index contributed by atoms with van der Waals surface area (Å²) in [5, 5.41) is 14.2. The van der Waals surface area contributed by atoms with E-state index < -0.39 is 0 Å². The zero-order valence-corrected chi connectivity index (χ0v) is 22.8. The van der Waals surface area contributed by atoms with Gasteiger partial charge in [-0.3, -0.25) is 14.6 Å². The van der Waals surface area contributed by atoms with E-state index in [1.54, 1.807) is 23.9 Å². The topological polar surface area (TPSA) is 107 Å². The molecule has 0 atom stereocenters. The molecule has 2 heterocycles. The molecule has 4 rings (SSSR count). The molecule has 0 fully saturated rings. The summed E-state index contributed by atoms with van der Waals surface area (Å²) >= 11 is 0. The highest BCUT2D eigenvalue weighted by molar-refractivity contribution is 5.87. The molecule has 1 aliphatic rings. The van der Waals surface area contributed by atoms with Crippen molar-refractivity contribution in [2.75, 3.05) is 38.5 Å². The summed E-state index contributed by atoms with van der Waals surface area (Å²) in [6.07, 6.45) is 0. The molecule has 10 heteroatoms. The van der Waals surface area contributed by atoms with Gasteiger partial charge in [0.1, 0.15) is 6.54 Å². The average Bonchev–Trinajstić information content (AvgIpc) is 3.52. The number of hydrogen-bond donors (Lipinski definition) is 2. The van der Waals surface area contributed by atoms with Crippen LogP contribution >= 0.6 is 0 Å². The van der Waals surface area contributed by atoms with Crippen LogP contribution in [-0.4, -0.2) is 76.1 Å². The third kappa shape index (κ3) is 6.76. The Bertz CT molecular complexity index is 1250. The van der Waals surface area contributed by atoms with Gasteiger partial charge in [0.05, 0.1) is 6.54 Å². The van der Waals surface area contributed by atoms with Crippen molar-refractivity contribution in [2.45, 2.75) is 46.8 Å². The summed E-state index contributed by atoms with van der Waals surface area (Å²) in [6, 6.07) is 14.2.